The van der Waals surface area contributed by atoms with E-state index in [-0.39, 0.29) is 17.3 Å². The van der Waals surface area contributed by atoms with E-state index in [1.807, 2.05) is 0 Å². The second-order valence-electron chi connectivity index (χ2n) is 7.57. The van der Waals surface area contributed by atoms with Gasteiger partial charge in [-0.2, -0.15) is 0 Å². The molecule has 0 N–H and O–H groups in total. The van der Waals surface area contributed by atoms with Gasteiger partial charge >= 0.3 is 0 Å². The van der Waals surface area contributed by atoms with Gasteiger partial charge in [-0.05, 0) is 49.8 Å². The number of aryl methyl sites for hydroxylation is 2. The Labute approximate surface area is 148 Å². The van der Waals surface area contributed by atoms with Crippen LogP contribution in [-0.4, -0.2) is 21.2 Å². The molecule has 0 saturated carbocycles. The van der Waals surface area contributed by atoms with E-state index < -0.39 is 0 Å². The van der Waals surface area contributed by atoms with E-state index >= 15 is 0 Å². The van der Waals surface area contributed by atoms with Crippen LogP contribution in [0.4, 0.5) is 0 Å². The molecule has 4 atom stereocenters. The molecule has 0 amide bonds. The molecule has 2 nitrogen and oxygen atoms in total. The van der Waals surface area contributed by atoms with Crippen LogP contribution in [0.3, 0.4) is 0 Å². The highest BCUT2D eigenvalue weighted by atomic mass is 127. The summed E-state index contributed by atoms with van der Waals surface area (Å²) < 4.78 is 13.5. The van der Waals surface area contributed by atoms with E-state index in [2.05, 4.69) is 75.4 Å². The van der Waals surface area contributed by atoms with E-state index in [9.17, 15) is 0 Å². The van der Waals surface area contributed by atoms with E-state index in [1.54, 1.807) is 0 Å². The van der Waals surface area contributed by atoms with Crippen LogP contribution >= 0.6 is 22.6 Å². The minimum atomic E-state index is -0.118. The summed E-state index contributed by atoms with van der Waals surface area (Å²) in [6.45, 7) is 11.8. The fourth-order valence-corrected chi connectivity index (χ4v) is 6.13. The summed E-state index contributed by atoms with van der Waals surface area (Å²) in [5.74, 6) is 0.532. The highest BCUT2D eigenvalue weighted by Crippen LogP contribution is 2.57. The van der Waals surface area contributed by atoms with Gasteiger partial charge in [0.1, 0.15) is 0 Å². The zero-order chi connectivity index (χ0) is 16.1. The van der Waals surface area contributed by atoms with Gasteiger partial charge in [-0.3, -0.25) is 0 Å². The first-order chi connectivity index (χ1) is 10.3. The van der Waals surface area contributed by atoms with Gasteiger partial charge in [-0.1, -0.05) is 54.6 Å². The molecule has 2 fully saturated rings. The molecule has 122 valence electrons. The van der Waals surface area contributed by atoms with Gasteiger partial charge in [-0.25, -0.2) is 0 Å². The number of benzene rings is 1. The first-order valence-corrected chi connectivity index (χ1v) is 9.54. The van der Waals surface area contributed by atoms with Crippen molar-refractivity contribution in [2.45, 2.75) is 75.3 Å². The van der Waals surface area contributed by atoms with Crippen molar-refractivity contribution in [2.24, 2.45) is 5.92 Å². The fourth-order valence-electron chi connectivity index (χ4n) is 4.15. The Balaban J connectivity index is 1.75. The molecule has 2 aliphatic heterocycles. The van der Waals surface area contributed by atoms with Gasteiger partial charge in [0.25, 0.3) is 0 Å². The molecule has 1 aromatic carbocycles. The number of halogens is 1. The van der Waals surface area contributed by atoms with Crippen LogP contribution in [0.1, 0.15) is 50.3 Å². The second-order valence-corrected chi connectivity index (χ2v) is 9.07. The molecule has 4 unspecified atom stereocenters. The smallest absolute Gasteiger partial charge is 0.0935 e. The molecule has 0 aliphatic carbocycles. The van der Waals surface area contributed by atoms with Crippen LogP contribution in [0.15, 0.2) is 18.2 Å². The molecule has 2 aliphatic rings. The Kier molecular flexibility index (Phi) is 4.37. The zero-order valence-electron chi connectivity index (χ0n) is 14.3. The third kappa shape index (κ3) is 2.53. The van der Waals surface area contributed by atoms with Crippen LogP contribution in [0.25, 0.3) is 0 Å². The average molecular weight is 414 g/mol. The fraction of sp³-hybridized carbons (Fsp3) is 0.684. The lowest BCUT2D eigenvalue weighted by Crippen LogP contribution is -2.44. The molecule has 2 heterocycles. The summed E-state index contributed by atoms with van der Waals surface area (Å²) in [5, 5.41) is 0. The van der Waals surface area contributed by atoms with Gasteiger partial charge in [0.05, 0.1) is 23.9 Å². The predicted octanol–water partition coefficient (Wildman–Crippen LogP) is 4.97. The Morgan fingerprint density at radius 3 is 2.45 bits per heavy atom. The molecule has 0 spiro atoms. The minimum Gasteiger partial charge on any atom is -0.370 e. The number of alkyl halides is 1. The average Bonchev–Trinajstić information content (AvgIpc) is 2.86. The molecule has 22 heavy (non-hydrogen) atoms. The van der Waals surface area contributed by atoms with Crippen LogP contribution in [0.5, 0.6) is 0 Å². The van der Waals surface area contributed by atoms with Crippen molar-refractivity contribution in [1.29, 1.82) is 0 Å². The molecular weight excluding hydrogens is 387 g/mol. The molecule has 2 bridgehead atoms. The van der Waals surface area contributed by atoms with E-state index in [0.717, 1.165) is 12.8 Å². The molecule has 2 saturated heterocycles. The highest BCUT2D eigenvalue weighted by molar-refractivity contribution is 14.1. The number of hydrogen-bond donors (Lipinski definition) is 0. The van der Waals surface area contributed by atoms with Gasteiger partial charge in [0.15, 0.2) is 0 Å². The van der Waals surface area contributed by atoms with Gasteiger partial charge in [-0.15, -0.1) is 0 Å². The summed E-state index contributed by atoms with van der Waals surface area (Å²) in [4.78, 5) is 0. The van der Waals surface area contributed by atoms with Crippen LogP contribution in [0, 0.1) is 19.8 Å². The first-order valence-electron chi connectivity index (χ1n) is 8.29. The highest BCUT2D eigenvalue weighted by Gasteiger charge is 2.65. The van der Waals surface area contributed by atoms with E-state index in [1.165, 1.54) is 16.7 Å². The Bertz CT molecular complexity index is 550. The summed E-state index contributed by atoms with van der Waals surface area (Å²) >= 11 is 2.58. The van der Waals surface area contributed by atoms with Crippen LogP contribution in [0.2, 0.25) is 0 Å². The zero-order valence-corrected chi connectivity index (χ0v) is 16.4. The van der Waals surface area contributed by atoms with Gasteiger partial charge in [0.2, 0.25) is 0 Å². The maximum Gasteiger partial charge on any atom is 0.0935 e. The largest absolute Gasteiger partial charge is 0.370 e. The lowest BCUT2D eigenvalue weighted by atomic mass is 9.75. The van der Waals surface area contributed by atoms with Crippen molar-refractivity contribution in [2.75, 3.05) is 0 Å². The van der Waals surface area contributed by atoms with Crippen molar-refractivity contribution in [3.8, 4) is 0 Å². The quantitative estimate of drug-likeness (QED) is 0.512. The van der Waals surface area contributed by atoms with Crippen LogP contribution in [-0.2, 0) is 16.1 Å². The molecule has 0 radical (unpaired) electrons. The standard InChI is InChI=1S/C19H27IO2/c1-12(2)19-10-17(18(5,22-19)9-16(19)20)21-11-15-13(3)7-6-8-14(15)4/h6-8,12,16-17H,9-11H2,1-5H3. The number of ether oxygens (including phenoxy) is 2. The third-order valence-corrected chi connectivity index (χ3v) is 7.27. The maximum absolute atomic E-state index is 6.55. The van der Waals surface area contributed by atoms with Crippen LogP contribution < -0.4 is 0 Å². The summed E-state index contributed by atoms with van der Waals surface area (Å²) in [7, 11) is 0. The van der Waals surface area contributed by atoms with Crippen molar-refractivity contribution >= 4 is 22.6 Å². The minimum absolute atomic E-state index is 0.000748. The molecule has 3 rings (SSSR count). The van der Waals surface area contributed by atoms with Gasteiger partial charge in [0, 0.05) is 10.3 Å². The monoisotopic (exact) mass is 414 g/mol. The SMILES string of the molecule is Cc1cccc(C)c1COC1CC2(C(C)C)OC1(C)CC2I. The van der Waals surface area contributed by atoms with E-state index in [4.69, 9.17) is 9.47 Å². The summed E-state index contributed by atoms with van der Waals surface area (Å²) in [6, 6.07) is 6.45. The number of fused-ring (bicyclic) bond motifs is 2. The maximum atomic E-state index is 6.55. The summed E-state index contributed by atoms with van der Waals surface area (Å²) in [6.07, 6.45) is 2.34. The Morgan fingerprint density at radius 1 is 1.27 bits per heavy atom. The molecule has 0 aromatic heterocycles. The van der Waals surface area contributed by atoms with Crippen molar-refractivity contribution < 1.29 is 9.47 Å². The number of hydrogen-bond acceptors (Lipinski definition) is 2. The van der Waals surface area contributed by atoms with Crippen molar-refractivity contribution in [3.05, 3.63) is 34.9 Å². The first kappa shape index (κ1) is 16.7. The van der Waals surface area contributed by atoms with E-state index in [0.29, 0.717) is 16.4 Å². The van der Waals surface area contributed by atoms with Crippen molar-refractivity contribution in [3.63, 3.8) is 0 Å². The third-order valence-electron chi connectivity index (χ3n) is 5.77. The molecule has 1 aromatic rings. The lowest BCUT2D eigenvalue weighted by molar-refractivity contribution is -0.0955. The predicted molar refractivity (Wildman–Crippen MR) is 98.6 cm³/mol. The summed E-state index contributed by atoms with van der Waals surface area (Å²) in [5.41, 5.74) is 3.85. The molecular formula is C19H27IO2. The second kappa shape index (κ2) is 5.75. The van der Waals surface area contributed by atoms with Crippen molar-refractivity contribution in [1.82, 2.24) is 0 Å². The topological polar surface area (TPSA) is 18.5 Å². The van der Waals surface area contributed by atoms with Gasteiger partial charge < -0.3 is 9.47 Å². The molecule has 3 heteroatoms. The Morgan fingerprint density at radius 2 is 1.91 bits per heavy atom. The lowest BCUT2D eigenvalue weighted by Gasteiger charge is -2.35. The Hall–Kier alpha value is -0.130. The number of rotatable bonds is 4. The normalized spacial score (nSPS) is 37.2.